The number of nitrogens with zero attached hydrogens (tertiary/aromatic N) is 2. The fourth-order valence-electron chi connectivity index (χ4n) is 4.33. The molecular formula is C31H26N2O. The minimum atomic E-state index is -0.0638. The summed E-state index contributed by atoms with van der Waals surface area (Å²) < 4.78 is 1.78. The smallest absolute Gasteiger partial charge is 0.264 e. The summed E-state index contributed by atoms with van der Waals surface area (Å²) in [7, 11) is 0. The third kappa shape index (κ3) is 3.86. The third-order valence-electron chi connectivity index (χ3n) is 5.98. The quantitative estimate of drug-likeness (QED) is 0.291. The topological polar surface area (TPSA) is 34.4 Å². The number of aromatic nitrogens is 2. The second-order valence-electron chi connectivity index (χ2n) is 8.65. The Bertz CT molecular complexity index is 1670. The Morgan fingerprint density at radius 1 is 0.853 bits per heavy atom. The van der Waals surface area contributed by atoms with Crippen molar-refractivity contribution >= 4 is 28.8 Å². The number of allylic oxidation sites excluding steroid dienone is 3. The number of imidazole rings is 1. The fraction of sp³-hybridized carbons (Fsp3) is 0.0968. The summed E-state index contributed by atoms with van der Waals surface area (Å²) in [5.74, 6) is 0. The first-order chi connectivity index (χ1) is 16.6. The first-order valence-corrected chi connectivity index (χ1v) is 11.5. The summed E-state index contributed by atoms with van der Waals surface area (Å²) >= 11 is 0. The highest BCUT2D eigenvalue weighted by Gasteiger charge is 2.17. The van der Waals surface area contributed by atoms with Gasteiger partial charge in [0.25, 0.3) is 5.56 Å². The molecule has 0 amide bonds. The average Bonchev–Trinajstić information content (AvgIpc) is 3.26. The highest BCUT2D eigenvalue weighted by atomic mass is 16.1. The number of benzene rings is 3. The van der Waals surface area contributed by atoms with Crippen molar-refractivity contribution < 1.29 is 0 Å². The predicted molar refractivity (Wildman–Crippen MR) is 144 cm³/mol. The molecule has 0 fully saturated rings. The van der Waals surface area contributed by atoms with Crippen LogP contribution >= 0.6 is 0 Å². The van der Waals surface area contributed by atoms with E-state index in [0.717, 1.165) is 38.5 Å². The second-order valence-corrected chi connectivity index (χ2v) is 8.65. The number of hydrogen-bond donors (Lipinski definition) is 0. The van der Waals surface area contributed by atoms with E-state index in [1.54, 1.807) is 4.40 Å². The van der Waals surface area contributed by atoms with E-state index in [0.29, 0.717) is 11.2 Å². The third-order valence-corrected chi connectivity index (χ3v) is 5.98. The maximum absolute atomic E-state index is 13.7. The van der Waals surface area contributed by atoms with Crippen molar-refractivity contribution in [3.63, 3.8) is 0 Å². The van der Waals surface area contributed by atoms with Crippen LogP contribution in [-0.2, 0) is 0 Å². The number of pyridine rings is 1. The SMILES string of the molecule is C/C=c1\cc(/C=C\C=C(C)C)c(=O)n2c1nc1cc(-c3ccccc3)cc(-c3ccccc3)c12. The van der Waals surface area contributed by atoms with Gasteiger partial charge in [0.1, 0.15) is 5.65 Å². The van der Waals surface area contributed by atoms with Crippen LogP contribution in [-0.4, -0.2) is 9.38 Å². The van der Waals surface area contributed by atoms with Gasteiger partial charge in [-0.1, -0.05) is 84.5 Å². The standard InChI is InChI=1S/C31H26N2O/c1-4-22-18-25(17-11-12-21(2)3)31(34)33-29-27(24-15-9-6-10-16-24)19-26(20-28(29)32-30(22)33)23-13-7-5-8-14-23/h4-20H,1-3H3/b17-11-,22-4+. The van der Waals surface area contributed by atoms with Crippen molar-refractivity contribution in [1.29, 1.82) is 0 Å². The highest BCUT2D eigenvalue weighted by Crippen LogP contribution is 2.33. The minimum Gasteiger partial charge on any atom is -0.268 e. The van der Waals surface area contributed by atoms with Crippen LogP contribution in [0.15, 0.2) is 101 Å². The van der Waals surface area contributed by atoms with Gasteiger partial charge in [-0.2, -0.15) is 0 Å². The molecule has 0 unspecified atom stereocenters. The van der Waals surface area contributed by atoms with E-state index >= 15 is 0 Å². The molecule has 2 heterocycles. The van der Waals surface area contributed by atoms with Crippen LogP contribution in [0.25, 0.3) is 51.1 Å². The Labute approximate surface area is 199 Å². The molecule has 0 bridgehead atoms. The monoisotopic (exact) mass is 442 g/mol. The molecule has 2 aromatic heterocycles. The van der Waals surface area contributed by atoms with Crippen LogP contribution < -0.4 is 10.8 Å². The normalized spacial score (nSPS) is 12.1. The molecular weight excluding hydrogens is 416 g/mol. The van der Waals surface area contributed by atoms with Gasteiger partial charge in [0.15, 0.2) is 0 Å². The first-order valence-electron chi connectivity index (χ1n) is 11.5. The molecule has 3 aromatic carbocycles. The van der Waals surface area contributed by atoms with Crippen LogP contribution in [0, 0.1) is 0 Å². The Morgan fingerprint density at radius 3 is 2.18 bits per heavy atom. The molecule has 0 aliphatic carbocycles. The van der Waals surface area contributed by atoms with Gasteiger partial charge in [0, 0.05) is 16.3 Å². The van der Waals surface area contributed by atoms with E-state index in [4.69, 9.17) is 4.98 Å². The molecule has 5 rings (SSSR count). The molecule has 3 heteroatoms. The summed E-state index contributed by atoms with van der Waals surface area (Å²) in [6.45, 7) is 6.06. The van der Waals surface area contributed by atoms with E-state index in [-0.39, 0.29) is 5.56 Å². The maximum Gasteiger partial charge on any atom is 0.264 e. The van der Waals surface area contributed by atoms with Gasteiger partial charge in [-0.15, -0.1) is 0 Å². The number of hydrogen-bond acceptors (Lipinski definition) is 2. The lowest BCUT2D eigenvalue weighted by atomic mass is 9.97. The van der Waals surface area contributed by atoms with Gasteiger partial charge in [-0.3, -0.25) is 9.20 Å². The Balaban J connectivity index is 1.91. The van der Waals surface area contributed by atoms with Crippen molar-refractivity contribution in [3.05, 3.63) is 118 Å². The lowest BCUT2D eigenvalue weighted by molar-refractivity contribution is 1.13. The second kappa shape index (κ2) is 8.95. The van der Waals surface area contributed by atoms with Crippen LogP contribution in [0.5, 0.6) is 0 Å². The molecule has 0 aliphatic rings. The zero-order chi connectivity index (χ0) is 23.7. The lowest BCUT2D eigenvalue weighted by Gasteiger charge is -2.09. The summed E-state index contributed by atoms with van der Waals surface area (Å²) in [5, 5.41) is 0.938. The largest absolute Gasteiger partial charge is 0.268 e. The molecule has 166 valence electrons. The molecule has 0 radical (unpaired) electrons. The molecule has 5 aromatic rings. The highest BCUT2D eigenvalue weighted by molar-refractivity contribution is 5.98. The van der Waals surface area contributed by atoms with Crippen molar-refractivity contribution in [2.45, 2.75) is 20.8 Å². The molecule has 0 spiro atoms. The van der Waals surface area contributed by atoms with Crippen molar-refractivity contribution in [2.75, 3.05) is 0 Å². The van der Waals surface area contributed by atoms with Gasteiger partial charge in [0.2, 0.25) is 0 Å². The maximum atomic E-state index is 13.7. The van der Waals surface area contributed by atoms with E-state index in [1.165, 1.54) is 5.57 Å². The fourth-order valence-corrected chi connectivity index (χ4v) is 4.33. The van der Waals surface area contributed by atoms with Gasteiger partial charge in [-0.25, -0.2) is 4.98 Å². The number of rotatable bonds is 4. The van der Waals surface area contributed by atoms with Crippen molar-refractivity contribution in [2.24, 2.45) is 0 Å². The van der Waals surface area contributed by atoms with E-state index in [1.807, 2.05) is 87.5 Å². The van der Waals surface area contributed by atoms with Gasteiger partial charge >= 0.3 is 0 Å². The number of fused-ring (bicyclic) bond motifs is 3. The predicted octanol–water partition coefficient (Wildman–Crippen LogP) is 6.68. The van der Waals surface area contributed by atoms with E-state index < -0.39 is 0 Å². The Morgan fingerprint density at radius 2 is 1.53 bits per heavy atom. The van der Waals surface area contributed by atoms with E-state index in [9.17, 15) is 4.79 Å². The molecule has 0 atom stereocenters. The first kappa shape index (κ1) is 21.6. The minimum absolute atomic E-state index is 0.0638. The zero-order valence-corrected chi connectivity index (χ0v) is 19.6. The van der Waals surface area contributed by atoms with Crippen LogP contribution in [0.2, 0.25) is 0 Å². The summed E-state index contributed by atoms with van der Waals surface area (Å²) in [6, 6.07) is 26.7. The molecule has 0 aliphatic heterocycles. The molecule has 0 saturated heterocycles. The van der Waals surface area contributed by atoms with Crippen molar-refractivity contribution in [3.8, 4) is 22.3 Å². The Kier molecular flexibility index (Phi) is 5.69. The van der Waals surface area contributed by atoms with Crippen LogP contribution in [0.1, 0.15) is 26.3 Å². The summed E-state index contributed by atoms with van der Waals surface area (Å²) in [6.07, 6.45) is 7.84. The lowest BCUT2D eigenvalue weighted by Crippen LogP contribution is -2.22. The van der Waals surface area contributed by atoms with Gasteiger partial charge < -0.3 is 0 Å². The summed E-state index contributed by atoms with van der Waals surface area (Å²) in [5.41, 5.74) is 8.34. The van der Waals surface area contributed by atoms with Gasteiger partial charge in [-0.05, 0) is 61.7 Å². The molecule has 0 saturated carbocycles. The average molecular weight is 443 g/mol. The molecule has 3 nitrogen and oxygen atoms in total. The van der Waals surface area contributed by atoms with Crippen molar-refractivity contribution in [1.82, 2.24) is 9.38 Å². The van der Waals surface area contributed by atoms with E-state index in [2.05, 4.69) is 36.4 Å². The van der Waals surface area contributed by atoms with Crippen LogP contribution in [0.3, 0.4) is 0 Å². The van der Waals surface area contributed by atoms with Crippen LogP contribution in [0.4, 0.5) is 0 Å². The Hall–Kier alpha value is -4.24. The zero-order valence-electron chi connectivity index (χ0n) is 19.6. The molecule has 0 N–H and O–H groups in total. The van der Waals surface area contributed by atoms with Gasteiger partial charge in [0.05, 0.1) is 11.0 Å². The molecule has 34 heavy (non-hydrogen) atoms. The summed E-state index contributed by atoms with van der Waals surface area (Å²) in [4.78, 5) is 18.7.